The van der Waals surface area contributed by atoms with Gasteiger partial charge in [0.05, 0.1) is 6.61 Å². The number of imidazole rings is 1. The lowest BCUT2D eigenvalue weighted by Gasteiger charge is -2.25. The van der Waals surface area contributed by atoms with Crippen molar-refractivity contribution in [1.29, 1.82) is 0 Å². The van der Waals surface area contributed by atoms with Crippen molar-refractivity contribution in [2.75, 3.05) is 13.7 Å². The van der Waals surface area contributed by atoms with E-state index in [9.17, 15) is 0 Å². The summed E-state index contributed by atoms with van der Waals surface area (Å²) in [7, 11) is 4.05. The fraction of sp³-hybridized carbons (Fsp3) is 0.471. The SMILES string of the molecule is CNC1CCCc2ccc(OCCc3nccn3C)cc21. The van der Waals surface area contributed by atoms with Crippen LogP contribution in [0, 0.1) is 0 Å². The van der Waals surface area contributed by atoms with Gasteiger partial charge in [-0.2, -0.15) is 0 Å². The van der Waals surface area contributed by atoms with Crippen molar-refractivity contribution in [3.8, 4) is 5.75 Å². The van der Waals surface area contributed by atoms with E-state index in [1.807, 2.05) is 31.1 Å². The number of rotatable bonds is 5. The molecule has 1 aromatic heterocycles. The predicted octanol–water partition coefficient (Wildman–Crippen LogP) is 2.64. The minimum absolute atomic E-state index is 0.465. The molecule has 1 heterocycles. The van der Waals surface area contributed by atoms with Gasteiger partial charge in [-0.05, 0) is 49.6 Å². The molecule has 4 heteroatoms. The molecule has 2 aromatic rings. The van der Waals surface area contributed by atoms with Crippen LogP contribution in [0.2, 0.25) is 0 Å². The third-order valence-corrected chi connectivity index (χ3v) is 4.30. The third kappa shape index (κ3) is 3.10. The summed E-state index contributed by atoms with van der Waals surface area (Å²) in [6.45, 7) is 0.661. The second-order valence-corrected chi connectivity index (χ2v) is 5.65. The standard InChI is InChI=1S/C17H23N3O/c1-18-16-5-3-4-13-6-7-14(12-15(13)16)21-11-8-17-19-9-10-20(17)2/h6-7,9-10,12,16,18H,3-5,8,11H2,1-2H3. The molecule has 0 aliphatic heterocycles. The normalized spacial score (nSPS) is 17.5. The van der Waals surface area contributed by atoms with Gasteiger partial charge in [-0.15, -0.1) is 0 Å². The van der Waals surface area contributed by atoms with Crippen LogP contribution in [0.15, 0.2) is 30.6 Å². The van der Waals surface area contributed by atoms with Gasteiger partial charge in [0.25, 0.3) is 0 Å². The summed E-state index contributed by atoms with van der Waals surface area (Å²) in [6, 6.07) is 6.98. The van der Waals surface area contributed by atoms with Crippen molar-refractivity contribution >= 4 is 0 Å². The molecule has 1 aliphatic carbocycles. The van der Waals surface area contributed by atoms with Crippen LogP contribution in [-0.4, -0.2) is 23.2 Å². The smallest absolute Gasteiger partial charge is 0.119 e. The average Bonchev–Trinajstić information content (AvgIpc) is 2.92. The Morgan fingerprint density at radius 1 is 1.43 bits per heavy atom. The molecule has 1 unspecified atom stereocenters. The zero-order valence-electron chi connectivity index (χ0n) is 12.8. The number of hydrogen-bond acceptors (Lipinski definition) is 3. The molecule has 0 fully saturated rings. The Morgan fingerprint density at radius 3 is 3.10 bits per heavy atom. The quantitative estimate of drug-likeness (QED) is 0.918. The van der Waals surface area contributed by atoms with Gasteiger partial charge in [0.2, 0.25) is 0 Å². The first-order valence-electron chi connectivity index (χ1n) is 7.67. The first-order chi connectivity index (χ1) is 10.3. The molecule has 3 rings (SSSR count). The molecule has 1 aliphatic rings. The van der Waals surface area contributed by atoms with Gasteiger partial charge in [0.15, 0.2) is 0 Å². The maximum atomic E-state index is 5.91. The molecular weight excluding hydrogens is 262 g/mol. The summed E-state index contributed by atoms with van der Waals surface area (Å²) in [5, 5.41) is 3.40. The summed E-state index contributed by atoms with van der Waals surface area (Å²) in [4.78, 5) is 4.32. The van der Waals surface area contributed by atoms with E-state index >= 15 is 0 Å². The van der Waals surface area contributed by atoms with Crippen molar-refractivity contribution in [1.82, 2.24) is 14.9 Å². The number of fused-ring (bicyclic) bond motifs is 1. The van der Waals surface area contributed by atoms with Crippen LogP contribution >= 0.6 is 0 Å². The number of aromatic nitrogens is 2. The predicted molar refractivity (Wildman–Crippen MR) is 83.6 cm³/mol. The molecule has 21 heavy (non-hydrogen) atoms. The second kappa shape index (κ2) is 6.31. The highest BCUT2D eigenvalue weighted by Gasteiger charge is 2.19. The van der Waals surface area contributed by atoms with Crippen LogP contribution < -0.4 is 10.1 Å². The number of hydrogen-bond donors (Lipinski definition) is 1. The van der Waals surface area contributed by atoms with E-state index in [1.54, 1.807) is 0 Å². The molecule has 0 radical (unpaired) electrons. The number of benzene rings is 1. The maximum Gasteiger partial charge on any atom is 0.119 e. The van der Waals surface area contributed by atoms with E-state index in [0.29, 0.717) is 12.6 Å². The number of ether oxygens (including phenoxy) is 1. The minimum atomic E-state index is 0.465. The molecule has 1 aromatic carbocycles. The Kier molecular flexibility index (Phi) is 4.25. The number of aryl methyl sites for hydroxylation is 2. The van der Waals surface area contributed by atoms with Gasteiger partial charge in [-0.3, -0.25) is 0 Å². The lowest BCUT2D eigenvalue weighted by Crippen LogP contribution is -2.21. The molecule has 112 valence electrons. The van der Waals surface area contributed by atoms with Crippen LogP contribution in [0.25, 0.3) is 0 Å². The average molecular weight is 285 g/mol. The first-order valence-corrected chi connectivity index (χ1v) is 7.67. The Hall–Kier alpha value is -1.81. The van der Waals surface area contributed by atoms with Crippen molar-refractivity contribution in [3.05, 3.63) is 47.5 Å². The van der Waals surface area contributed by atoms with Crippen LogP contribution in [-0.2, 0) is 19.9 Å². The number of nitrogens with zero attached hydrogens (tertiary/aromatic N) is 2. The van der Waals surface area contributed by atoms with Crippen LogP contribution in [0.4, 0.5) is 0 Å². The van der Waals surface area contributed by atoms with Gasteiger partial charge in [-0.25, -0.2) is 4.98 Å². The summed E-state index contributed by atoms with van der Waals surface area (Å²) in [5.41, 5.74) is 2.86. The lowest BCUT2D eigenvalue weighted by molar-refractivity contribution is 0.316. The third-order valence-electron chi connectivity index (χ3n) is 4.30. The first kappa shape index (κ1) is 14.1. The van der Waals surface area contributed by atoms with E-state index in [4.69, 9.17) is 4.74 Å². The van der Waals surface area contributed by atoms with E-state index in [1.165, 1.54) is 30.4 Å². The Bertz CT molecular complexity index is 606. The van der Waals surface area contributed by atoms with Gasteiger partial charge >= 0.3 is 0 Å². The fourth-order valence-corrected chi connectivity index (χ4v) is 3.06. The van der Waals surface area contributed by atoms with E-state index in [2.05, 4.69) is 28.5 Å². The molecule has 0 amide bonds. The largest absolute Gasteiger partial charge is 0.493 e. The fourth-order valence-electron chi connectivity index (χ4n) is 3.06. The van der Waals surface area contributed by atoms with E-state index in [0.717, 1.165) is 18.0 Å². The molecule has 0 saturated carbocycles. The van der Waals surface area contributed by atoms with E-state index < -0.39 is 0 Å². The summed E-state index contributed by atoms with van der Waals surface area (Å²) in [5.74, 6) is 2.02. The Balaban J connectivity index is 1.65. The maximum absolute atomic E-state index is 5.91. The van der Waals surface area contributed by atoms with Crippen molar-refractivity contribution in [2.24, 2.45) is 7.05 Å². The highest BCUT2D eigenvalue weighted by atomic mass is 16.5. The van der Waals surface area contributed by atoms with Crippen LogP contribution in [0.3, 0.4) is 0 Å². The zero-order chi connectivity index (χ0) is 14.7. The highest BCUT2D eigenvalue weighted by Crippen LogP contribution is 2.32. The zero-order valence-corrected chi connectivity index (χ0v) is 12.8. The molecule has 0 spiro atoms. The van der Waals surface area contributed by atoms with Crippen molar-refractivity contribution < 1.29 is 4.74 Å². The summed E-state index contributed by atoms with van der Waals surface area (Å²) in [6.07, 6.45) is 8.27. The van der Waals surface area contributed by atoms with Gasteiger partial charge in [-0.1, -0.05) is 6.07 Å². The van der Waals surface area contributed by atoms with Crippen molar-refractivity contribution in [2.45, 2.75) is 31.7 Å². The highest BCUT2D eigenvalue weighted by molar-refractivity contribution is 5.39. The Morgan fingerprint density at radius 2 is 2.33 bits per heavy atom. The van der Waals surface area contributed by atoms with Crippen LogP contribution in [0.5, 0.6) is 5.75 Å². The molecule has 0 bridgehead atoms. The Labute approximate surface area is 126 Å². The monoisotopic (exact) mass is 285 g/mol. The van der Waals surface area contributed by atoms with Crippen molar-refractivity contribution in [3.63, 3.8) is 0 Å². The van der Waals surface area contributed by atoms with Crippen LogP contribution in [0.1, 0.15) is 35.8 Å². The van der Waals surface area contributed by atoms with Gasteiger partial charge < -0.3 is 14.6 Å². The molecule has 4 nitrogen and oxygen atoms in total. The molecule has 0 saturated heterocycles. The summed E-state index contributed by atoms with van der Waals surface area (Å²) >= 11 is 0. The molecule has 1 N–H and O–H groups in total. The molecule has 1 atom stereocenters. The topological polar surface area (TPSA) is 39.1 Å². The minimum Gasteiger partial charge on any atom is -0.493 e. The molecular formula is C17H23N3O. The van der Waals surface area contributed by atoms with Gasteiger partial charge in [0.1, 0.15) is 11.6 Å². The number of nitrogens with one attached hydrogen (secondary N) is 1. The second-order valence-electron chi connectivity index (χ2n) is 5.65. The van der Waals surface area contributed by atoms with E-state index in [-0.39, 0.29) is 0 Å². The van der Waals surface area contributed by atoms with Gasteiger partial charge in [0, 0.05) is 31.9 Å². The summed E-state index contributed by atoms with van der Waals surface area (Å²) < 4.78 is 7.95. The lowest BCUT2D eigenvalue weighted by atomic mass is 9.87.